The van der Waals surface area contributed by atoms with Gasteiger partial charge in [0, 0.05) is 81.2 Å². The second-order valence-electron chi connectivity index (χ2n) is 16.4. The fraction of sp³-hybridized carbons (Fsp3) is 0.488. The minimum Gasteiger partial charge on any atom is -0.490 e. The topological polar surface area (TPSA) is 163 Å². The number of carbonyl (C=O) groups excluding carboxylic acids is 4. The molecule has 6 aliphatic rings. The number of carbonyl (C=O) groups is 4. The molecule has 0 spiro atoms. The van der Waals surface area contributed by atoms with E-state index in [2.05, 4.69) is 26.1 Å². The normalized spacial score (nSPS) is 25.5. The first-order chi connectivity index (χ1) is 28.1. The average Bonchev–Trinajstić information content (AvgIpc) is 3.69. The molecular weight excluding hydrogens is 760 g/mol. The Morgan fingerprint density at radius 2 is 1.60 bits per heavy atom. The van der Waals surface area contributed by atoms with E-state index in [1.165, 1.54) is 4.90 Å². The second-order valence-corrected chi connectivity index (χ2v) is 16.8. The number of imide groups is 1. The molecule has 6 heterocycles. The van der Waals surface area contributed by atoms with Gasteiger partial charge in [0.25, 0.3) is 11.8 Å². The molecule has 14 nitrogen and oxygen atoms in total. The van der Waals surface area contributed by atoms with Gasteiger partial charge in [-0.05, 0) is 93.3 Å². The second kappa shape index (κ2) is 15.8. The maximum atomic E-state index is 13.5. The number of benzene rings is 2. The molecular formula is C43H47ClN8O6. The lowest BCUT2D eigenvalue weighted by Crippen LogP contribution is -2.53. The van der Waals surface area contributed by atoms with E-state index in [0.717, 1.165) is 102 Å². The Kier molecular flexibility index (Phi) is 10.5. The van der Waals surface area contributed by atoms with Gasteiger partial charge in [-0.25, -0.2) is 4.98 Å². The first kappa shape index (κ1) is 38.3. The number of nitrogens with one attached hydrogen (secondary N) is 1. The molecule has 5 aliphatic heterocycles. The fourth-order valence-electron chi connectivity index (χ4n) is 9.70. The van der Waals surface area contributed by atoms with Crippen LogP contribution in [0, 0.1) is 17.2 Å². The molecule has 9 rings (SSSR count). The quantitative estimate of drug-likeness (QED) is 0.313. The molecule has 4 fully saturated rings. The van der Waals surface area contributed by atoms with E-state index in [1.54, 1.807) is 24.3 Å². The predicted octanol–water partition coefficient (Wildman–Crippen LogP) is 4.24. The van der Waals surface area contributed by atoms with Crippen LogP contribution in [-0.2, 0) is 16.1 Å². The minimum absolute atomic E-state index is 0.0415. The van der Waals surface area contributed by atoms with Gasteiger partial charge in [0.15, 0.2) is 6.23 Å². The highest BCUT2D eigenvalue weighted by Crippen LogP contribution is 2.39. The van der Waals surface area contributed by atoms with E-state index in [1.807, 2.05) is 29.2 Å². The van der Waals surface area contributed by atoms with Crippen molar-refractivity contribution in [3.63, 3.8) is 0 Å². The van der Waals surface area contributed by atoms with Crippen LogP contribution in [0.5, 0.6) is 5.75 Å². The molecule has 1 saturated carbocycles. The Labute approximate surface area is 342 Å². The van der Waals surface area contributed by atoms with E-state index in [-0.39, 0.29) is 42.7 Å². The van der Waals surface area contributed by atoms with Gasteiger partial charge in [0.2, 0.25) is 11.8 Å². The van der Waals surface area contributed by atoms with Gasteiger partial charge in [-0.15, -0.1) is 0 Å². The number of aromatic nitrogens is 1. The Morgan fingerprint density at radius 3 is 2.33 bits per heavy atom. The molecule has 2 atom stereocenters. The summed E-state index contributed by atoms with van der Waals surface area (Å²) >= 11 is 6.20. The van der Waals surface area contributed by atoms with Crippen LogP contribution in [-0.4, -0.2) is 112 Å². The molecule has 3 aromatic rings. The van der Waals surface area contributed by atoms with Crippen molar-refractivity contribution in [1.29, 1.82) is 5.26 Å². The van der Waals surface area contributed by atoms with Gasteiger partial charge in [-0.1, -0.05) is 11.6 Å². The van der Waals surface area contributed by atoms with Crippen LogP contribution in [0.25, 0.3) is 0 Å². The van der Waals surface area contributed by atoms with Crippen LogP contribution in [0.4, 0.5) is 11.5 Å². The summed E-state index contributed by atoms with van der Waals surface area (Å²) in [6, 6.07) is 16.0. The molecule has 4 amide bonds. The summed E-state index contributed by atoms with van der Waals surface area (Å²) in [6.07, 6.45) is 4.61. The van der Waals surface area contributed by atoms with Crippen molar-refractivity contribution in [2.75, 3.05) is 55.6 Å². The highest BCUT2D eigenvalue weighted by molar-refractivity contribution is 6.31. The van der Waals surface area contributed by atoms with Crippen molar-refractivity contribution < 1.29 is 29.0 Å². The van der Waals surface area contributed by atoms with E-state index in [0.29, 0.717) is 45.5 Å². The SMILES string of the molecule is N#Cc1ccc(O[C@H]2CC[C@H](N3Cc4nc(N5CCN(CC6CCN(c7ccc8c(c7)C(O)N(C7CCC(=O)NC7=O)C8=O)CC6)CC5)ccc4C3=O)CC2)cc1Cl. The zero-order valence-corrected chi connectivity index (χ0v) is 33.1. The Bertz CT molecular complexity index is 2170. The molecule has 2 aromatic carbocycles. The van der Waals surface area contributed by atoms with Gasteiger partial charge < -0.3 is 24.5 Å². The summed E-state index contributed by atoms with van der Waals surface area (Å²) in [7, 11) is 0. The van der Waals surface area contributed by atoms with Gasteiger partial charge in [0.1, 0.15) is 23.7 Å². The van der Waals surface area contributed by atoms with Crippen molar-refractivity contribution in [2.24, 2.45) is 5.92 Å². The molecule has 3 saturated heterocycles. The smallest absolute Gasteiger partial charge is 0.257 e. The first-order valence-corrected chi connectivity index (χ1v) is 20.9. The Balaban J connectivity index is 0.729. The zero-order valence-electron chi connectivity index (χ0n) is 32.3. The van der Waals surface area contributed by atoms with Crippen LogP contribution >= 0.6 is 11.6 Å². The lowest BCUT2D eigenvalue weighted by Gasteiger charge is -2.39. The number of amides is 4. The third-order valence-corrected chi connectivity index (χ3v) is 13.3. The number of hydrogen-bond donors (Lipinski definition) is 2. The third-order valence-electron chi connectivity index (χ3n) is 13.0. The summed E-state index contributed by atoms with van der Waals surface area (Å²) in [4.78, 5) is 66.2. The number of fused-ring (bicyclic) bond motifs is 2. The van der Waals surface area contributed by atoms with Crippen LogP contribution in [0.2, 0.25) is 5.02 Å². The van der Waals surface area contributed by atoms with Gasteiger partial charge in [0.05, 0.1) is 34.5 Å². The minimum atomic E-state index is -1.23. The molecule has 58 heavy (non-hydrogen) atoms. The van der Waals surface area contributed by atoms with Crippen LogP contribution < -0.4 is 19.9 Å². The summed E-state index contributed by atoms with van der Waals surface area (Å²) in [5.41, 5.74) is 3.85. The van der Waals surface area contributed by atoms with E-state index in [4.69, 9.17) is 26.6 Å². The van der Waals surface area contributed by atoms with E-state index >= 15 is 0 Å². The van der Waals surface area contributed by atoms with Crippen molar-refractivity contribution in [1.82, 2.24) is 25.0 Å². The van der Waals surface area contributed by atoms with Crippen molar-refractivity contribution >= 4 is 46.7 Å². The number of piperazine rings is 1. The Morgan fingerprint density at radius 1 is 0.845 bits per heavy atom. The molecule has 0 bridgehead atoms. The molecule has 0 radical (unpaired) electrons. The lowest BCUT2D eigenvalue weighted by atomic mass is 9.92. The highest BCUT2D eigenvalue weighted by atomic mass is 35.5. The van der Waals surface area contributed by atoms with Crippen LogP contribution in [0.15, 0.2) is 48.5 Å². The third kappa shape index (κ3) is 7.35. The molecule has 1 aromatic heterocycles. The standard InChI is InChI=1S/C43H47ClN8O6/c44-35-22-31(5-1-27(35)23-45)58-30-6-2-28(3-7-30)51-25-36-33(41(51)55)9-11-38(46-36)50-19-17-48(18-20-50)24-26-13-15-49(16-14-26)29-4-8-32-34(21-29)43(57)52(42(32)56)37-10-12-39(53)47-40(37)54/h1,4-5,8-9,11,21-22,26,28,30,37,43,57H,2-3,6-7,10,12-20,24-25H2,(H,47,53,54)/t28-,30-,37?,43?. The van der Waals surface area contributed by atoms with Gasteiger partial charge in [-0.2, -0.15) is 5.26 Å². The van der Waals surface area contributed by atoms with Crippen molar-refractivity contribution in [2.45, 2.75) is 82.3 Å². The molecule has 2 unspecified atom stereocenters. The van der Waals surface area contributed by atoms with E-state index in [9.17, 15) is 24.3 Å². The summed E-state index contributed by atoms with van der Waals surface area (Å²) < 4.78 is 6.18. The van der Waals surface area contributed by atoms with Crippen LogP contribution in [0.1, 0.15) is 95.1 Å². The summed E-state index contributed by atoms with van der Waals surface area (Å²) in [6.45, 7) is 6.98. The number of nitrogens with zero attached hydrogens (tertiary/aromatic N) is 7. The number of halogens is 1. The first-order valence-electron chi connectivity index (χ1n) is 20.5. The number of anilines is 2. The Hall–Kier alpha value is -5.23. The fourth-order valence-corrected chi connectivity index (χ4v) is 9.92. The highest BCUT2D eigenvalue weighted by Gasteiger charge is 2.45. The van der Waals surface area contributed by atoms with Gasteiger partial charge in [-0.3, -0.25) is 34.3 Å². The largest absolute Gasteiger partial charge is 0.490 e. The number of aliphatic hydroxyl groups excluding tert-OH is 1. The van der Waals surface area contributed by atoms with Crippen molar-refractivity contribution in [3.8, 4) is 11.8 Å². The van der Waals surface area contributed by atoms with Crippen LogP contribution in [0.3, 0.4) is 0 Å². The maximum Gasteiger partial charge on any atom is 0.257 e. The number of pyridine rings is 1. The molecule has 15 heteroatoms. The average molecular weight is 807 g/mol. The number of piperidine rings is 2. The maximum absolute atomic E-state index is 13.5. The molecule has 302 valence electrons. The number of hydrogen-bond acceptors (Lipinski definition) is 11. The number of aliphatic hydroxyl groups is 1. The summed E-state index contributed by atoms with van der Waals surface area (Å²) in [5, 5.41) is 23.0. The molecule has 1 aliphatic carbocycles. The van der Waals surface area contributed by atoms with Gasteiger partial charge >= 0.3 is 0 Å². The molecule has 2 N–H and O–H groups in total. The lowest BCUT2D eigenvalue weighted by molar-refractivity contribution is -0.139. The van der Waals surface area contributed by atoms with Crippen molar-refractivity contribution in [3.05, 3.63) is 81.5 Å². The number of nitriles is 1. The monoisotopic (exact) mass is 806 g/mol. The number of ether oxygens (including phenoxy) is 1. The zero-order chi connectivity index (χ0) is 40.1. The summed E-state index contributed by atoms with van der Waals surface area (Å²) in [5.74, 6) is 0.931. The number of rotatable bonds is 8. The predicted molar refractivity (Wildman–Crippen MR) is 214 cm³/mol. The van der Waals surface area contributed by atoms with E-state index < -0.39 is 18.2 Å².